The molecule has 0 radical (unpaired) electrons. The van der Waals surface area contributed by atoms with E-state index < -0.39 is 0 Å². The Balaban J connectivity index is 1.28. The molecule has 8 heteroatoms. The Labute approximate surface area is 171 Å². The van der Waals surface area contributed by atoms with E-state index in [1.165, 1.54) is 6.07 Å². The number of fused-ring (bicyclic) bond motifs is 1. The summed E-state index contributed by atoms with van der Waals surface area (Å²) in [7, 11) is 0. The summed E-state index contributed by atoms with van der Waals surface area (Å²) in [5.74, 6) is 0.556. The number of aromatic amines is 1. The highest BCUT2D eigenvalue weighted by Gasteiger charge is 2.26. The normalized spacial score (nSPS) is 16.8. The number of halogens is 1. The summed E-state index contributed by atoms with van der Waals surface area (Å²) >= 11 is 0. The molecule has 1 aliphatic rings. The van der Waals surface area contributed by atoms with E-state index in [0.29, 0.717) is 30.0 Å². The summed E-state index contributed by atoms with van der Waals surface area (Å²) < 4.78 is 19.3. The fourth-order valence-corrected chi connectivity index (χ4v) is 4.00. The second-order valence-corrected chi connectivity index (χ2v) is 7.59. The van der Waals surface area contributed by atoms with Crippen molar-refractivity contribution < 1.29 is 13.7 Å². The lowest BCUT2D eigenvalue weighted by Crippen LogP contribution is -2.40. The smallest absolute Gasteiger partial charge is 0.253 e. The molecule has 0 bridgehead atoms. The predicted octanol–water partition coefficient (Wildman–Crippen LogP) is 3.85. The molecule has 2 aromatic carbocycles. The van der Waals surface area contributed by atoms with Crippen LogP contribution in [0.15, 0.2) is 53.3 Å². The van der Waals surface area contributed by atoms with Crippen LogP contribution in [0.1, 0.15) is 29.1 Å². The quantitative estimate of drug-likeness (QED) is 0.557. The van der Waals surface area contributed by atoms with Crippen LogP contribution >= 0.6 is 0 Å². The third kappa shape index (κ3) is 3.56. The lowest BCUT2D eigenvalue weighted by molar-refractivity contribution is 0.0668. The number of hydrogen-bond donors (Lipinski definition) is 1. The Morgan fingerprint density at radius 2 is 2.17 bits per heavy atom. The molecule has 2 aromatic heterocycles. The van der Waals surface area contributed by atoms with Gasteiger partial charge < -0.3 is 14.4 Å². The SMILES string of the molecule is O=C(c1ccc2nc[nH]c2c1)N1CCCC(Cc2nc(-c3ccccc3F)no2)C1. The number of carbonyl (C=O) groups is 1. The summed E-state index contributed by atoms with van der Waals surface area (Å²) in [5.41, 5.74) is 2.65. The third-order valence-electron chi connectivity index (χ3n) is 5.52. The predicted molar refractivity (Wildman–Crippen MR) is 108 cm³/mol. The van der Waals surface area contributed by atoms with Gasteiger partial charge in [0, 0.05) is 25.1 Å². The van der Waals surface area contributed by atoms with E-state index in [1.807, 2.05) is 23.1 Å². The van der Waals surface area contributed by atoms with Crippen LogP contribution < -0.4 is 0 Å². The molecule has 4 aromatic rings. The number of nitrogens with one attached hydrogen (secondary N) is 1. The number of imidazole rings is 1. The molecule has 5 rings (SSSR count). The van der Waals surface area contributed by atoms with E-state index in [-0.39, 0.29) is 23.5 Å². The maximum absolute atomic E-state index is 13.9. The molecule has 152 valence electrons. The van der Waals surface area contributed by atoms with Gasteiger partial charge in [-0.05, 0) is 49.1 Å². The molecule has 0 aliphatic carbocycles. The van der Waals surface area contributed by atoms with Gasteiger partial charge in [-0.15, -0.1) is 0 Å². The lowest BCUT2D eigenvalue weighted by Gasteiger charge is -2.32. The highest BCUT2D eigenvalue weighted by atomic mass is 19.1. The molecule has 1 aliphatic heterocycles. The van der Waals surface area contributed by atoms with Crippen molar-refractivity contribution >= 4 is 16.9 Å². The largest absolute Gasteiger partial charge is 0.345 e. The second kappa shape index (κ2) is 7.70. The Bertz CT molecular complexity index is 1200. The number of likely N-dealkylation sites (tertiary alicyclic amines) is 1. The summed E-state index contributed by atoms with van der Waals surface area (Å²) in [6, 6.07) is 11.9. The minimum atomic E-state index is -0.381. The van der Waals surface area contributed by atoms with Crippen molar-refractivity contribution in [3.63, 3.8) is 0 Å². The van der Waals surface area contributed by atoms with Gasteiger partial charge in [-0.3, -0.25) is 4.79 Å². The highest BCUT2D eigenvalue weighted by Crippen LogP contribution is 2.25. The van der Waals surface area contributed by atoms with Crippen molar-refractivity contribution in [1.82, 2.24) is 25.0 Å². The lowest BCUT2D eigenvalue weighted by atomic mass is 9.94. The molecule has 30 heavy (non-hydrogen) atoms. The van der Waals surface area contributed by atoms with Gasteiger partial charge in [-0.25, -0.2) is 9.37 Å². The van der Waals surface area contributed by atoms with Gasteiger partial charge in [0.25, 0.3) is 5.91 Å². The van der Waals surface area contributed by atoms with Gasteiger partial charge in [0.05, 0.1) is 22.9 Å². The minimum absolute atomic E-state index is 0.00812. The number of amides is 1. The molecule has 0 spiro atoms. The summed E-state index contributed by atoms with van der Waals surface area (Å²) in [4.78, 5) is 26.5. The van der Waals surface area contributed by atoms with Crippen LogP contribution in [0.25, 0.3) is 22.4 Å². The molecular weight excluding hydrogens is 385 g/mol. The van der Waals surface area contributed by atoms with Gasteiger partial charge >= 0.3 is 0 Å². The zero-order valence-electron chi connectivity index (χ0n) is 16.2. The molecule has 1 amide bonds. The van der Waals surface area contributed by atoms with Crippen LogP contribution in [-0.2, 0) is 6.42 Å². The van der Waals surface area contributed by atoms with Crippen LogP contribution in [0, 0.1) is 11.7 Å². The van der Waals surface area contributed by atoms with Crippen LogP contribution in [0.4, 0.5) is 4.39 Å². The van der Waals surface area contributed by atoms with E-state index in [1.54, 1.807) is 24.5 Å². The zero-order valence-corrected chi connectivity index (χ0v) is 16.2. The van der Waals surface area contributed by atoms with E-state index in [4.69, 9.17) is 4.52 Å². The number of piperidine rings is 1. The van der Waals surface area contributed by atoms with Crippen molar-refractivity contribution in [2.75, 3.05) is 13.1 Å². The van der Waals surface area contributed by atoms with Gasteiger partial charge in [0.1, 0.15) is 5.82 Å². The maximum Gasteiger partial charge on any atom is 0.253 e. The van der Waals surface area contributed by atoms with E-state index >= 15 is 0 Å². The number of H-pyrrole nitrogens is 1. The molecule has 1 atom stereocenters. The molecule has 1 fully saturated rings. The summed E-state index contributed by atoms with van der Waals surface area (Å²) in [6.45, 7) is 1.35. The van der Waals surface area contributed by atoms with Gasteiger partial charge in [0.2, 0.25) is 11.7 Å². The molecule has 1 unspecified atom stereocenters. The van der Waals surface area contributed by atoms with Crippen LogP contribution in [0.5, 0.6) is 0 Å². The zero-order chi connectivity index (χ0) is 20.5. The van der Waals surface area contributed by atoms with Crippen molar-refractivity contribution in [1.29, 1.82) is 0 Å². The number of benzene rings is 2. The van der Waals surface area contributed by atoms with E-state index in [2.05, 4.69) is 20.1 Å². The highest BCUT2D eigenvalue weighted by molar-refractivity contribution is 5.97. The van der Waals surface area contributed by atoms with Crippen molar-refractivity contribution in [2.45, 2.75) is 19.3 Å². The first kappa shape index (κ1) is 18.5. The van der Waals surface area contributed by atoms with Gasteiger partial charge in [-0.1, -0.05) is 17.3 Å². The Morgan fingerprint density at radius 1 is 1.27 bits per heavy atom. The van der Waals surface area contributed by atoms with Crippen molar-refractivity contribution in [3.05, 3.63) is 66.1 Å². The molecule has 7 nitrogen and oxygen atoms in total. The summed E-state index contributed by atoms with van der Waals surface area (Å²) in [6.07, 6.45) is 4.07. The van der Waals surface area contributed by atoms with Crippen LogP contribution in [0.2, 0.25) is 0 Å². The van der Waals surface area contributed by atoms with E-state index in [0.717, 1.165) is 30.4 Å². The third-order valence-corrected chi connectivity index (χ3v) is 5.52. The number of hydrogen-bond acceptors (Lipinski definition) is 5. The molecule has 3 heterocycles. The molecule has 1 saturated heterocycles. The Morgan fingerprint density at radius 3 is 3.07 bits per heavy atom. The fourth-order valence-electron chi connectivity index (χ4n) is 4.00. The topological polar surface area (TPSA) is 87.9 Å². The number of rotatable bonds is 4. The summed E-state index contributed by atoms with van der Waals surface area (Å²) in [5, 5.41) is 3.92. The van der Waals surface area contributed by atoms with Gasteiger partial charge in [0.15, 0.2) is 0 Å². The molecular formula is C22H20FN5O2. The Kier molecular flexibility index (Phi) is 4.74. The number of carbonyl (C=O) groups excluding carboxylic acids is 1. The number of aromatic nitrogens is 4. The van der Waals surface area contributed by atoms with Crippen LogP contribution in [0.3, 0.4) is 0 Å². The number of nitrogens with zero attached hydrogens (tertiary/aromatic N) is 4. The maximum atomic E-state index is 13.9. The fraction of sp³-hybridized carbons (Fsp3) is 0.273. The molecule has 1 N–H and O–H groups in total. The average molecular weight is 405 g/mol. The first-order valence-electron chi connectivity index (χ1n) is 9.97. The standard InChI is InChI=1S/C22H20FN5O2/c23-17-6-2-1-5-16(17)21-26-20(30-27-21)10-14-4-3-9-28(12-14)22(29)15-7-8-18-19(11-15)25-13-24-18/h1-2,5-8,11,13-14H,3-4,9-10,12H2,(H,24,25). The van der Waals surface area contributed by atoms with Crippen molar-refractivity contribution in [2.24, 2.45) is 5.92 Å². The Hall–Kier alpha value is -3.55. The average Bonchev–Trinajstić information content (AvgIpc) is 3.42. The molecule has 0 saturated carbocycles. The minimum Gasteiger partial charge on any atom is -0.345 e. The monoisotopic (exact) mass is 405 g/mol. The first-order valence-corrected chi connectivity index (χ1v) is 9.97. The second-order valence-electron chi connectivity index (χ2n) is 7.59. The first-order chi connectivity index (χ1) is 14.7. The van der Waals surface area contributed by atoms with Gasteiger partial charge in [-0.2, -0.15) is 4.98 Å². The van der Waals surface area contributed by atoms with E-state index in [9.17, 15) is 9.18 Å². The van der Waals surface area contributed by atoms with Crippen LogP contribution in [-0.4, -0.2) is 44.0 Å². The van der Waals surface area contributed by atoms with Crippen molar-refractivity contribution in [3.8, 4) is 11.4 Å².